The zero-order chi connectivity index (χ0) is 23.4. The fraction of sp³-hybridized carbons (Fsp3) is 0.360. The SMILES string of the molecule is COc1ccc(OC)c(NC2=C(c3ccc(C)cc3C)C(=O)N(CCOC(C)C)C2=O)c1. The van der Waals surface area contributed by atoms with Crippen LogP contribution in [0.15, 0.2) is 42.1 Å². The molecule has 0 saturated carbocycles. The second-order valence-electron chi connectivity index (χ2n) is 7.94. The number of carbonyl (C=O) groups is 2. The van der Waals surface area contributed by atoms with Crippen LogP contribution in [0.4, 0.5) is 5.69 Å². The molecule has 170 valence electrons. The van der Waals surface area contributed by atoms with Gasteiger partial charge in [-0.3, -0.25) is 14.5 Å². The number of aryl methyl sites for hydroxylation is 2. The minimum absolute atomic E-state index is 0.00761. The molecular formula is C25H30N2O5. The molecule has 2 aromatic carbocycles. The van der Waals surface area contributed by atoms with Crippen molar-refractivity contribution in [1.29, 1.82) is 0 Å². The number of hydrogen-bond donors (Lipinski definition) is 1. The largest absolute Gasteiger partial charge is 0.497 e. The Morgan fingerprint density at radius 3 is 2.34 bits per heavy atom. The van der Waals surface area contributed by atoms with Crippen LogP contribution < -0.4 is 14.8 Å². The van der Waals surface area contributed by atoms with Crippen LogP contribution in [0.25, 0.3) is 5.57 Å². The number of hydrogen-bond acceptors (Lipinski definition) is 6. The summed E-state index contributed by atoms with van der Waals surface area (Å²) in [6.45, 7) is 8.18. The van der Waals surface area contributed by atoms with Gasteiger partial charge in [-0.1, -0.05) is 23.8 Å². The second-order valence-corrected chi connectivity index (χ2v) is 7.94. The summed E-state index contributed by atoms with van der Waals surface area (Å²) in [6.07, 6.45) is 0.00761. The van der Waals surface area contributed by atoms with E-state index in [4.69, 9.17) is 14.2 Å². The average Bonchev–Trinajstić information content (AvgIpc) is 2.98. The summed E-state index contributed by atoms with van der Waals surface area (Å²) in [5.74, 6) is 0.377. The molecule has 0 aliphatic carbocycles. The maximum Gasteiger partial charge on any atom is 0.278 e. The summed E-state index contributed by atoms with van der Waals surface area (Å²) in [5, 5.41) is 3.16. The van der Waals surface area contributed by atoms with Crippen LogP contribution in [0.2, 0.25) is 0 Å². The molecule has 0 unspecified atom stereocenters. The summed E-state index contributed by atoms with van der Waals surface area (Å²) in [5.41, 5.74) is 3.78. The van der Waals surface area contributed by atoms with Crippen molar-refractivity contribution in [1.82, 2.24) is 4.90 Å². The number of benzene rings is 2. The maximum atomic E-state index is 13.4. The Kier molecular flexibility index (Phi) is 7.20. The van der Waals surface area contributed by atoms with Crippen molar-refractivity contribution in [3.8, 4) is 11.5 Å². The third kappa shape index (κ3) is 4.78. The van der Waals surface area contributed by atoms with Crippen LogP contribution in [0.1, 0.15) is 30.5 Å². The van der Waals surface area contributed by atoms with E-state index in [1.54, 1.807) is 32.4 Å². The van der Waals surface area contributed by atoms with Crippen LogP contribution in [0.3, 0.4) is 0 Å². The van der Waals surface area contributed by atoms with Crippen LogP contribution in [-0.2, 0) is 14.3 Å². The number of carbonyl (C=O) groups excluding carboxylic acids is 2. The minimum atomic E-state index is -0.401. The molecule has 2 aromatic rings. The first kappa shape index (κ1) is 23.3. The highest BCUT2D eigenvalue weighted by Crippen LogP contribution is 2.36. The molecule has 7 heteroatoms. The summed E-state index contributed by atoms with van der Waals surface area (Å²) in [7, 11) is 3.11. The molecule has 2 amide bonds. The third-order valence-corrected chi connectivity index (χ3v) is 5.25. The van der Waals surface area contributed by atoms with Gasteiger partial charge in [0.1, 0.15) is 17.2 Å². The zero-order valence-electron chi connectivity index (χ0n) is 19.4. The number of ether oxygens (including phenoxy) is 3. The first-order chi connectivity index (χ1) is 15.3. The number of rotatable bonds is 9. The van der Waals surface area contributed by atoms with E-state index in [1.807, 2.05) is 45.9 Å². The monoisotopic (exact) mass is 438 g/mol. The van der Waals surface area contributed by atoms with Gasteiger partial charge in [-0.25, -0.2) is 0 Å². The molecule has 0 radical (unpaired) electrons. The van der Waals surface area contributed by atoms with E-state index in [9.17, 15) is 9.59 Å². The third-order valence-electron chi connectivity index (χ3n) is 5.25. The predicted octanol–water partition coefficient (Wildman–Crippen LogP) is 3.94. The highest BCUT2D eigenvalue weighted by Gasteiger charge is 2.39. The Bertz CT molecular complexity index is 1060. The lowest BCUT2D eigenvalue weighted by atomic mass is 9.97. The molecule has 0 aromatic heterocycles. The van der Waals surface area contributed by atoms with E-state index in [0.717, 1.165) is 11.1 Å². The highest BCUT2D eigenvalue weighted by molar-refractivity contribution is 6.36. The summed E-state index contributed by atoms with van der Waals surface area (Å²) in [6, 6.07) is 11.0. The zero-order valence-corrected chi connectivity index (χ0v) is 19.4. The van der Waals surface area contributed by atoms with Gasteiger partial charge in [0.25, 0.3) is 11.8 Å². The van der Waals surface area contributed by atoms with Gasteiger partial charge in [-0.05, 0) is 51.0 Å². The van der Waals surface area contributed by atoms with Gasteiger partial charge in [-0.2, -0.15) is 0 Å². The Balaban J connectivity index is 2.07. The number of nitrogens with one attached hydrogen (secondary N) is 1. The standard InChI is InChI=1S/C25H30N2O5/c1-15(2)32-12-11-27-24(28)22(19-9-7-16(3)13-17(19)4)23(25(27)29)26-20-14-18(30-5)8-10-21(20)31-6/h7-10,13-15,26H,11-12H2,1-6H3. The molecule has 3 rings (SSSR count). The van der Waals surface area contributed by atoms with E-state index in [1.165, 1.54) is 4.90 Å². The quantitative estimate of drug-likeness (QED) is 0.598. The molecule has 0 atom stereocenters. The first-order valence-electron chi connectivity index (χ1n) is 10.6. The van der Waals surface area contributed by atoms with Crippen molar-refractivity contribution in [3.63, 3.8) is 0 Å². The van der Waals surface area contributed by atoms with Crippen molar-refractivity contribution in [2.24, 2.45) is 0 Å². The lowest BCUT2D eigenvalue weighted by molar-refractivity contribution is -0.137. The molecule has 1 aliphatic heterocycles. The van der Waals surface area contributed by atoms with Gasteiger partial charge in [0.15, 0.2) is 0 Å². The highest BCUT2D eigenvalue weighted by atomic mass is 16.5. The molecule has 7 nitrogen and oxygen atoms in total. The smallest absolute Gasteiger partial charge is 0.278 e. The van der Waals surface area contributed by atoms with Crippen LogP contribution in [-0.4, -0.2) is 50.2 Å². The van der Waals surface area contributed by atoms with E-state index in [2.05, 4.69) is 5.32 Å². The van der Waals surface area contributed by atoms with Gasteiger partial charge in [-0.15, -0.1) is 0 Å². The second kappa shape index (κ2) is 9.87. The predicted molar refractivity (Wildman–Crippen MR) is 124 cm³/mol. The van der Waals surface area contributed by atoms with Crippen molar-refractivity contribution >= 4 is 23.1 Å². The lowest BCUT2D eigenvalue weighted by Gasteiger charge is -2.17. The Hall–Kier alpha value is -3.32. The number of nitrogens with zero attached hydrogens (tertiary/aromatic N) is 1. The van der Waals surface area contributed by atoms with Gasteiger partial charge >= 0.3 is 0 Å². The van der Waals surface area contributed by atoms with Crippen molar-refractivity contribution in [2.75, 3.05) is 32.7 Å². The van der Waals surface area contributed by atoms with E-state index >= 15 is 0 Å². The number of anilines is 1. The van der Waals surface area contributed by atoms with E-state index < -0.39 is 5.91 Å². The van der Waals surface area contributed by atoms with Crippen molar-refractivity contribution in [3.05, 3.63) is 58.8 Å². The minimum Gasteiger partial charge on any atom is -0.497 e. The Labute approximate surface area is 189 Å². The number of imide groups is 1. The lowest BCUT2D eigenvalue weighted by Crippen LogP contribution is -2.35. The summed E-state index contributed by atoms with van der Waals surface area (Å²) < 4.78 is 16.3. The van der Waals surface area contributed by atoms with Gasteiger partial charge < -0.3 is 19.5 Å². The fourth-order valence-corrected chi connectivity index (χ4v) is 3.67. The van der Waals surface area contributed by atoms with Crippen LogP contribution >= 0.6 is 0 Å². The maximum absolute atomic E-state index is 13.4. The molecule has 0 bridgehead atoms. The molecule has 0 spiro atoms. The fourth-order valence-electron chi connectivity index (χ4n) is 3.67. The first-order valence-corrected chi connectivity index (χ1v) is 10.6. The summed E-state index contributed by atoms with van der Waals surface area (Å²) >= 11 is 0. The molecule has 1 heterocycles. The number of methoxy groups -OCH3 is 2. The molecule has 0 saturated heterocycles. The Morgan fingerprint density at radius 1 is 0.969 bits per heavy atom. The Morgan fingerprint density at radius 2 is 1.72 bits per heavy atom. The molecule has 1 N–H and O–H groups in total. The topological polar surface area (TPSA) is 77.1 Å². The van der Waals surface area contributed by atoms with Gasteiger partial charge in [0.05, 0.1) is 44.7 Å². The molecule has 1 aliphatic rings. The van der Waals surface area contributed by atoms with E-state index in [0.29, 0.717) is 28.3 Å². The molecule has 32 heavy (non-hydrogen) atoms. The van der Waals surface area contributed by atoms with Gasteiger partial charge in [0.2, 0.25) is 0 Å². The van der Waals surface area contributed by atoms with E-state index in [-0.39, 0.29) is 30.9 Å². The normalized spacial score (nSPS) is 13.9. The van der Waals surface area contributed by atoms with Crippen molar-refractivity contribution in [2.45, 2.75) is 33.8 Å². The van der Waals surface area contributed by atoms with Crippen LogP contribution in [0.5, 0.6) is 11.5 Å². The molecule has 0 fully saturated rings. The average molecular weight is 439 g/mol. The molecular weight excluding hydrogens is 408 g/mol. The van der Waals surface area contributed by atoms with Crippen LogP contribution in [0, 0.1) is 13.8 Å². The number of amides is 2. The van der Waals surface area contributed by atoms with Gasteiger partial charge in [0, 0.05) is 6.07 Å². The van der Waals surface area contributed by atoms with Crippen molar-refractivity contribution < 1.29 is 23.8 Å². The summed E-state index contributed by atoms with van der Waals surface area (Å²) in [4.78, 5) is 28.0.